The van der Waals surface area contributed by atoms with E-state index >= 15 is 0 Å². The fraction of sp³-hybridized carbons (Fsp3) is 0.364. The maximum absolute atomic E-state index is 11.7. The molecule has 0 unspecified atom stereocenters. The molecular formula is C11H12INO3. The van der Waals surface area contributed by atoms with E-state index in [1.807, 2.05) is 18.2 Å². The number of amides is 1. The highest BCUT2D eigenvalue weighted by molar-refractivity contribution is 14.1. The number of carbonyl (C=O) groups is 1. The number of nitrogens with zero attached hydrogens (tertiary/aromatic N) is 1. The molecule has 1 heterocycles. The zero-order chi connectivity index (χ0) is 11.5. The minimum absolute atomic E-state index is 0.0217. The SMILES string of the molecule is COCCN1C(=O)COc2ccc(I)cc21. The van der Waals surface area contributed by atoms with Crippen molar-refractivity contribution in [1.29, 1.82) is 0 Å². The van der Waals surface area contributed by atoms with Crippen LogP contribution in [0.1, 0.15) is 0 Å². The molecule has 0 aromatic heterocycles. The number of halogens is 1. The van der Waals surface area contributed by atoms with Gasteiger partial charge in [0.25, 0.3) is 5.91 Å². The van der Waals surface area contributed by atoms with Crippen molar-refractivity contribution in [1.82, 2.24) is 0 Å². The summed E-state index contributed by atoms with van der Waals surface area (Å²) in [7, 11) is 1.63. The number of methoxy groups -OCH3 is 1. The van der Waals surface area contributed by atoms with E-state index in [2.05, 4.69) is 22.6 Å². The van der Waals surface area contributed by atoms with Gasteiger partial charge in [-0.2, -0.15) is 0 Å². The van der Waals surface area contributed by atoms with Crippen LogP contribution in [0.5, 0.6) is 5.75 Å². The first-order valence-electron chi connectivity index (χ1n) is 4.94. The number of anilines is 1. The number of rotatable bonds is 3. The van der Waals surface area contributed by atoms with Crippen LogP contribution in [-0.2, 0) is 9.53 Å². The number of hydrogen-bond acceptors (Lipinski definition) is 3. The maximum atomic E-state index is 11.7. The highest BCUT2D eigenvalue weighted by Crippen LogP contribution is 2.33. The van der Waals surface area contributed by atoms with E-state index < -0.39 is 0 Å². The van der Waals surface area contributed by atoms with Crippen LogP contribution in [0.3, 0.4) is 0 Å². The second-order valence-corrected chi connectivity index (χ2v) is 4.68. The minimum Gasteiger partial charge on any atom is -0.482 e. The Balaban J connectivity index is 2.31. The number of hydrogen-bond donors (Lipinski definition) is 0. The molecular weight excluding hydrogens is 321 g/mol. The summed E-state index contributed by atoms with van der Waals surface area (Å²) < 4.78 is 11.4. The van der Waals surface area contributed by atoms with Gasteiger partial charge in [-0.3, -0.25) is 4.79 Å². The molecule has 1 amide bonds. The van der Waals surface area contributed by atoms with Gasteiger partial charge in [-0.05, 0) is 40.8 Å². The van der Waals surface area contributed by atoms with Crippen molar-refractivity contribution in [2.24, 2.45) is 0 Å². The second-order valence-electron chi connectivity index (χ2n) is 3.44. The lowest BCUT2D eigenvalue weighted by Crippen LogP contribution is -2.40. The fourth-order valence-electron chi connectivity index (χ4n) is 1.60. The molecule has 0 saturated carbocycles. The molecule has 4 nitrogen and oxygen atoms in total. The van der Waals surface area contributed by atoms with Crippen LogP contribution < -0.4 is 9.64 Å². The molecule has 1 aliphatic heterocycles. The van der Waals surface area contributed by atoms with Crippen molar-refractivity contribution < 1.29 is 14.3 Å². The van der Waals surface area contributed by atoms with E-state index in [0.717, 1.165) is 15.0 Å². The molecule has 0 fully saturated rings. The molecule has 5 heteroatoms. The van der Waals surface area contributed by atoms with E-state index in [1.54, 1.807) is 12.0 Å². The van der Waals surface area contributed by atoms with Gasteiger partial charge >= 0.3 is 0 Å². The first-order chi connectivity index (χ1) is 7.72. The molecule has 1 aliphatic rings. The molecule has 86 valence electrons. The first-order valence-corrected chi connectivity index (χ1v) is 6.02. The number of carbonyl (C=O) groups excluding carboxylic acids is 1. The molecule has 1 aromatic rings. The lowest BCUT2D eigenvalue weighted by molar-refractivity contribution is -0.121. The Kier molecular flexibility index (Phi) is 3.65. The summed E-state index contributed by atoms with van der Waals surface area (Å²) in [5.74, 6) is 0.739. The Morgan fingerprint density at radius 3 is 3.12 bits per heavy atom. The van der Waals surface area contributed by atoms with Gasteiger partial charge in [0, 0.05) is 17.2 Å². The topological polar surface area (TPSA) is 38.8 Å². The molecule has 0 aliphatic carbocycles. The third kappa shape index (κ3) is 2.30. The Morgan fingerprint density at radius 1 is 1.56 bits per heavy atom. The van der Waals surface area contributed by atoms with E-state index in [4.69, 9.17) is 9.47 Å². The van der Waals surface area contributed by atoms with Crippen molar-refractivity contribution in [3.63, 3.8) is 0 Å². The van der Waals surface area contributed by atoms with Gasteiger partial charge in [0.1, 0.15) is 5.75 Å². The molecule has 16 heavy (non-hydrogen) atoms. The zero-order valence-corrected chi connectivity index (χ0v) is 11.1. The minimum atomic E-state index is -0.0217. The van der Waals surface area contributed by atoms with E-state index in [-0.39, 0.29) is 12.5 Å². The van der Waals surface area contributed by atoms with Crippen LogP contribution in [-0.4, -0.2) is 32.8 Å². The van der Waals surface area contributed by atoms with Crippen LogP contribution in [0.25, 0.3) is 0 Å². The van der Waals surface area contributed by atoms with Gasteiger partial charge < -0.3 is 14.4 Å². The molecule has 0 saturated heterocycles. The summed E-state index contributed by atoms with van der Waals surface area (Å²) >= 11 is 2.22. The standard InChI is InChI=1S/C11H12INO3/c1-15-5-4-13-9-6-8(12)2-3-10(9)16-7-11(13)14/h2-3,6H,4-5,7H2,1H3. The Bertz CT molecular complexity index is 408. The Labute approximate surface area is 108 Å². The van der Waals surface area contributed by atoms with Crippen molar-refractivity contribution in [3.05, 3.63) is 21.8 Å². The third-order valence-corrected chi connectivity index (χ3v) is 3.05. The first kappa shape index (κ1) is 11.7. The Hall–Kier alpha value is -0.820. The van der Waals surface area contributed by atoms with Gasteiger partial charge in [0.15, 0.2) is 6.61 Å². The predicted octanol–water partition coefficient (Wildman–Crippen LogP) is 1.66. The number of ether oxygens (including phenoxy) is 2. The van der Waals surface area contributed by atoms with E-state index in [1.165, 1.54) is 0 Å². The van der Waals surface area contributed by atoms with E-state index in [9.17, 15) is 4.79 Å². The number of benzene rings is 1. The van der Waals surface area contributed by atoms with Crippen LogP contribution in [0.2, 0.25) is 0 Å². The smallest absolute Gasteiger partial charge is 0.265 e. The summed E-state index contributed by atoms with van der Waals surface area (Å²) in [6, 6.07) is 5.80. The molecule has 0 spiro atoms. The predicted molar refractivity (Wildman–Crippen MR) is 68.9 cm³/mol. The number of fused-ring (bicyclic) bond motifs is 1. The van der Waals surface area contributed by atoms with Crippen LogP contribution in [0.15, 0.2) is 18.2 Å². The fourth-order valence-corrected chi connectivity index (χ4v) is 2.08. The summed E-state index contributed by atoms with van der Waals surface area (Å²) in [5.41, 5.74) is 0.834. The summed E-state index contributed by atoms with van der Waals surface area (Å²) in [6.45, 7) is 1.19. The zero-order valence-electron chi connectivity index (χ0n) is 8.90. The van der Waals surface area contributed by atoms with Crippen molar-refractivity contribution in [2.75, 3.05) is 31.8 Å². The average Bonchev–Trinajstić information content (AvgIpc) is 2.28. The quantitative estimate of drug-likeness (QED) is 0.790. The van der Waals surface area contributed by atoms with Crippen LogP contribution in [0, 0.1) is 3.57 Å². The molecule has 0 bridgehead atoms. The van der Waals surface area contributed by atoms with Crippen molar-refractivity contribution in [2.45, 2.75) is 0 Å². The van der Waals surface area contributed by atoms with Crippen LogP contribution in [0.4, 0.5) is 5.69 Å². The maximum Gasteiger partial charge on any atom is 0.265 e. The average molecular weight is 333 g/mol. The molecule has 0 radical (unpaired) electrons. The third-order valence-electron chi connectivity index (χ3n) is 2.38. The van der Waals surface area contributed by atoms with Crippen LogP contribution >= 0.6 is 22.6 Å². The highest BCUT2D eigenvalue weighted by Gasteiger charge is 2.25. The summed E-state index contributed by atoms with van der Waals surface area (Å²) in [6.07, 6.45) is 0. The monoisotopic (exact) mass is 333 g/mol. The van der Waals surface area contributed by atoms with Crippen molar-refractivity contribution >= 4 is 34.2 Å². The lowest BCUT2D eigenvalue weighted by atomic mass is 10.2. The normalized spacial score (nSPS) is 14.6. The molecule has 0 atom stereocenters. The summed E-state index contributed by atoms with van der Waals surface area (Å²) in [5, 5.41) is 0. The largest absolute Gasteiger partial charge is 0.482 e. The molecule has 1 aromatic carbocycles. The second kappa shape index (κ2) is 5.01. The van der Waals surface area contributed by atoms with E-state index in [0.29, 0.717) is 13.2 Å². The summed E-state index contributed by atoms with van der Waals surface area (Å²) in [4.78, 5) is 13.4. The lowest BCUT2D eigenvalue weighted by Gasteiger charge is -2.29. The highest BCUT2D eigenvalue weighted by atomic mass is 127. The van der Waals surface area contributed by atoms with Crippen molar-refractivity contribution in [3.8, 4) is 5.75 Å². The molecule has 2 rings (SSSR count). The van der Waals surface area contributed by atoms with Gasteiger partial charge in [0.05, 0.1) is 12.3 Å². The van der Waals surface area contributed by atoms with Gasteiger partial charge in [-0.15, -0.1) is 0 Å². The van der Waals surface area contributed by atoms with Gasteiger partial charge in [0.2, 0.25) is 0 Å². The van der Waals surface area contributed by atoms with Gasteiger partial charge in [-0.25, -0.2) is 0 Å². The van der Waals surface area contributed by atoms with Gasteiger partial charge in [-0.1, -0.05) is 0 Å². The molecule has 0 N–H and O–H groups in total. The Morgan fingerprint density at radius 2 is 2.38 bits per heavy atom.